The first kappa shape index (κ1) is 27.5. The van der Waals surface area contributed by atoms with Crippen LogP contribution in [0.3, 0.4) is 0 Å². The number of nitrogens with one attached hydrogen (secondary N) is 2. The molecule has 0 aromatic heterocycles. The zero-order valence-electron chi connectivity index (χ0n) is 19.6. The van der Waals surface area contributed by atoms with Crippen LogP contribution in [0, 0.1) is 11.6 Å². The van der Waals surface area contributed by atoms with E-state index in [1.54, 1.807) is 0 Å². The number of carbonyl (C=O) groups is 2. The van der Waals surface area contributed by atoms with Gasteiger partial charge in [-0.15, -0.1) is 0 Å². The standard InChI is InChI=1S/C25H18ClF5N2O4S/c1-11(38(2,36)37)12-7-18-21(22(33-24(18)35)17-10-15(27)3-4-19(17)26)20(8-12)32-23(34)13-5-14(25(29,30)31)9-16(28)6-13/h3-11,22H,1-2H3,(H,32,34)(H,33,35)/t11-,22+/m1/s1. The Hall–Kier alpha value is -3.51. The molecule has 200 valence electrons. The quantitative estimate of drug-likeness (QED) is 0.377. The van der Waals surface area contributed by atoms with Crippen molar-refractivity contribution in [1.29, 1.82) is 0 Å². The van der Waals surface area contributed by atoms with E-state index < -0.39 is 61.9 Å². The summed E-state index contributed by atoms with van der Waals surface area (Å²) >= 11 is 6.23. The summed E-state index contributed by atoms with van der Waals surface area (Å²) in [7, 11) is -3.68. The Morgan fingerprint density at radius 3 is 2.37 bits per heavy atom. The molecule has 1 aliphatic rings. The highest BCUT2D eigenvalue weighted by Gasteiger charge is 2.36. The number of carbonyl (C=O) groups excluding carboxylic acids is 2. The van der Waals surface area contributed by atoms with Gasteiger partial charge in [0.15, 0.2) is 9.84 Å². The SMILES string of the molecule is C[C@H](c1cc(NC(=O)c2cc(F)cc(C(F)(F)F)c2)c2c(c1)C(=O)N[C@H]2c1cc(F)ccc1Cl)S(C)(=O)=O. The molecule has 4 rings (SSSR count). The van der Waals surface area contributed by atoms with Gasteiger partial charge >= 0.3 is 6.18 Å². The van der Waals surface area contributed by atoms with E-state index in [1.807, 2.05) is 0 Å². The first-order valence-electron chi connectivity index (χ1n) is 10.9. The van der Waals surface area contributed by atoms with Crippen LogP contribution in [0.2, 0.25) is 5.02 Å². The van der Waals surface area contributed by atoms with Crippen molar-refractivity contribution in [3.05, 3.63) is 98.6 Å². The molecule has 0 saturated heterocycles. The molecule has 2 atom stereocenters. The first-order chi connectivity index (χ1) is 17.6. The molecule has 1 aliphatic heterocycles. The minimum Gasteiger partial charge on any atom is -0.341 e. The monoisotopic (exact) mass is 572 g/mol. The second kappa shape index (κ2) is 9.66. The van der Waals surface area contributed by atoms with Crippen molar-refractivity contribution in [2.24, 2.45) is 0 Å². The molecule has 6 nitrogen and oxygen atoms in total. The number of amides is 2. The third kappa shape index (κ3) is 5.37. The molecule has 0 spiro atoms. The fourth-order valence-electron chi connectivity index (χ4n) is 4.09. The minimum atomic E-state index is -4.93. The van der Waals surface area contributed by atoms with Gasteiger partial charge in [0.05, 0.1) is 16.9 Å². The summed E-state index contributed by atoms with van der Waals surface area (Å²) < 4.78 is 91.9. The van der Waals surface area contributed by atoms with Crippen LogP contribution in [0.25, 0.3) is 0 Å². The fourth-order valence-corrected chi connectivity index (χ4v) is 4.95. The Morgan fingerprint density at radius 1 is 1.05 bits per heavy atom. The highest BCUT2D eigenvalue weighted by molar-refractivity contribution is 7.90. The van der Waals surface area contributed by atoms with E-state index in [4.69, 9.17) is 11.6 Å². The molecule has 2 amide bonds. The van der Waals surface area contributed by atoms with Gasteiger partial charge in [0.2, 0.25) is 0 Å². The van der Waals surface area contributed by atoms with E-state index in [0.29, 0.717) is 12.1 Å². The number of anilines is 1. The number of rotatable bonds is 5. The summed E-state index contributed by atoms with van der Waals surface area (Å²) in [5.74, 6) is -3.84. The van der Waals surface area contributed by atoms with Crippen LogP contribution in [0.15, 0.2) is 48.5 Å². The number of alkyl halides is 3. The van der Waals surface area contributed by atoms with Crippen LogP contribution in [-0.4, -0.2) is 26.5 Å². The summed E-state index contributed by atoms with van der Waals surface area (Å²) in [5.41, 5.74) is -2.00. The van der Waals surface area contributed by atoms with Crippen molar-refractivity contribution in [3.63, 3.8) is 0 Å². The lowest BCUT2D eigenvalue weighted by molar-refractivity contribution is -0.137. The molecule has 38 heavy (non-hydrogen) atoms. The lowest BCUT2D eigenvalue weighted by Crippen LogP contribution is -2.21. The normalized spacial score (nSPS) is 16.1. The topological polar surface area (TPSA) is 92.3 Å². The van der Waals surface area contributed by atoms with Crippen molar-refractivity contribution in [2.75, 3.05) is 11.6 Å². The summed E-state index contributed by atoms with van der Waals surface area (Å²) in [5, 5.41) is 3.89. The Morgan fingerprint density at radius 2 is 1.74 bits per heavy atom. The van der Waals surface area contributed by atoms with Crippen LogP contribution in [-0.2, 0) is 16.0 Å². The van der Waals surface area contributed by atoms with Gasteiger partial charge < -0.3 is 10.6 Å². The van der Waals surface area contributed by atoms with Gasteiger partial charge in [-0.3, -0.25) is 9.59 Å². The Balaban J connectivity index is 1.89. The zero-order valence-corrected chi connectivity index (χ0v) is 21.2. The number of hydrogen-bond acceptors (Lipinski definition) is 4. The van der Waals surface area contributed by atoms with E-state index in [-0.39, 0.29) is 39.0 Å². The molecule has 0 unspecified atom stereocenters. The molecule has 3 aromatic rings. The number of hydrogen-bond donors (Lipinski definition) is 2. The molecule has 2 N–H and O–H groups in total. The van der Waals surface area contributed by atoms with E-state index in [0.717, 1.165) is 18.4 Å². The molecule has 13 heteroatoms. The molecular formula is C25H18ClF5N2O4S. The maximum absolute atomic E-state index is 14.0. The van der Waals surface area contributed by atoms with Gasteiger partial charge in [0.25, 0.3) is 11.8 Å². The molecule has 3 aromatic carbocycles. The lowest BCUT2D eigenvalue weighted by atomic mass is 9.93. The second-order valence-corrected chi connectivity index (χ2v) is 11.5. The smallest absolute Gasteiger partial charge is 0.341 e. The van der Waals surface area contributed by atoms with Crippen molar-refractivity contribution < 1.29 is 40.0 Å². The Labute approximate surface area is 218 Å². The van der Waals surface area contributed by atoms with Gasteiger partial charge in [-0.05, 0) is 61.0 Å². The molecule has 0 saturated carbocycles. The van der Waals surface area contributed by atoms with Gasteiger partial charge in [-0.2, -0.15) is 13.2 Å². The van der Waals surface area contributed by atoms with Crippen LogP contribution >= 0.6 is 11.6 Å². The second-order valence-electron chi connectivity index (χ2n) is 8.75. The zero-order chi connectivity index (χ0) is 28.2. The molecule has 0 bridgehead atoms. The molecule has 0 aliphatic carbocycles. The highest BCUT2D eigenvalue weighted by Crippen LogP contribution is 2.42. The first-order valence-corrected chi connectivity index (χ1v) is 13.2. The molecule has 0 fully saturated rings. The van der Waals surface area contributed by atoms with Crippen LogP contribution in [0.1, 0.15) is 61.2 Å². The predicted molar refractivity (Wildman–Crippen MR) is 130 cm³/mol. The maximum atomic E-state index is 14.0. The van der Waals surface area contributed by atoms with E-state index in [2.05, 4.69) is 10.6 Å². The Kier molecular flexibility index (Phi) is 7.00. The molecule has 0 radical (unpaired) electrons. The van der Waals surface area contributed by atoms with Crippen LogP contribution < -0.4 is 10.6 Å². The average Bonchev–Trinajstić information content (AvgIpc) is 3.15. The minimum absolute atomic E-state index is 0.0612. The van der Waals surface area contributed by atoms with E-state index >= 15 is 0 Å². The summed E-state index contributed by atoms with van der Waals surface area (Å²) in [6.45, 7) is 1.35. The fraction of sp³-hybridized carbons (Fsp3) is 0.200. The van der Waals surface area contributed by atoms with Gasteiger partial charge in [-0.1, -0.05) is 11.6 Å². The maximum Gasteiger partial charge on any atom is 0.416 e. The summed E-state index contributed by atoms with van der Waals surface area (Å²) in [4.78, 5) is 25.9. The van der Waals surface area contributed by atoms with Crippen molar-refractivity contribution in [3.8, 4) is 0 Å². The largest absolute Gasteiger partial charge is 0.416 e. The third-order valence-corrected chi connectivity index (χ3v) is 8.03. The lowest BCUT2D eigenvalue weighted by Gasteiger charge is -2.20. The van der Waals surface area contributed by atoms with Gasteiger partial charge in [-0.25, -0.2) is 17.2 Å². The average molecular weight is 573 g/mol. The van der Waals surface area contributed by atoms with E-state index in [1.165, 1.54) is 25.1 Å². The van der Waals surface area contributed by atoms with Crippen LogP contribution in [0.5, 0.6) is 0 Å². The Bertz CT molecular complexity index is 1590. The van der Waals surface area contributed by atoms with Crippen molar-refractivity contribution >= 4 is 38.9 Å². The number of benzene rings is 3. The van der Waals surface area contributed by atoms with E-state index in [9.17, 15) is 40.0 Å². The van der Waals surface area contributed by atoms with Crippen molar-refractivity contribution in [1.82, 2.24) is 5.32 Å². The summed E-state index contributed by atoms with van der Waals surface area (Å²) in [6.07, 6.45) is -3.97. The summed E-state index contributed by atoms with van der Waals surface area (Å²) in [6, 6.07) is 6.11. The van der Waals surface area contributed by atoms with Crippen LogP contribution in [0.4, 0.5) is 27.6 Å². The molecular weight excluding hydrogens is 555 g/mol. The molecule has 1 heterocycles. The van der Waals surface area contributed by atoms with Gasteiger partial charge in [0.1, 0.15) is 11.6 Å². The number of sulfone groups is 1. The number of fused-ring (bicyclic) bond motifs is 1. The number of halogens is 6. The predicted octanol–water partition coefficient (Wildman–Crippen LogP) is 5.83. The highest BCUT2D eigenvalue weighted by atomic mass is 35.5. The third-order valence-electron chi connectivity index (χ3n) is 6.13. The van der Waals surface area contributed by atoms with Crippen molar-refractivity contribution in [2.45, 2.75) is 24.4 Å². The van der Waals surface area contributed by atoms with Gasteiger partial charge in [0, 0.05) is 39.2 Å².